The Morgan fingerprint density at radius 3 is 3.00 bits per heavy atom. The van der Waals surface area contributed by atoms with E-state index in [9.17, 15) is 0 Å². The van der Waals surface area contributed by atoms with E-state index in [0.29, 0.717) is 0 Å². The normalized spacial score (nSPS) is 17.2. The maximum atomic E-state index is 6.08. The Morgan fingerprint density at radius 2 is 2.20 bits per heavy atom. The Hall–Kier alpha value is -2.72. The molecule has 0 aromatic heterocycles. The Balaban J connectivity index is 1.78. The molecule has 2 aromatic carbocycles. The molecule has 130 valence electrons. The summed E-state index contributed by atoms with van der Waals surface area (Å²) in [5, 5.41) is 3.39. The highest BCUT2D eigenvalue weighted by atomic mass is 16.5. The molecule has 0 spiro atoms. The number of hydrogen-bond donors (Lipinski definition) is 2. The average Bonchev–Trinajstić information content (AvgIpc) is 2.62. The van der Waals surface area contributed by atoms with Crippen LogP contribution >= 0.6 is 0 Å². The van der Waals surface area contributed by atoms with E-state index < -0.39 is 0 Å². The molecule has 0 fully saturated rings. The topological polar surface area (TPSA) is 56.5 Å². The lowest BCUT2D eigenvalue weighted by molar-refractivity contribution is 0.144. The molecule has 0 aliphatic carbocycles. The summed E-state index contributed by atoms with van der Waals surface area (Å²) in [6, 6.07) is 13.7. The second-order valence-corrected chi connectivity index (χ2v) is 5.94. The van der Waals surface area contributed by atoms with E-state index in [-0.39, 0.29) is 6.23 Å². The van der Waals surface area contributed by atoms with Crippen molar-refractivity contribution in [1.29, 1.82) is 0 Å². The van der Waals surface area contributed by atoms with E-state index in [1.54, 1.807) is 0 Å². The van der Waals surface area contributed by atoms with E-state index in [4.69, 9.17) is 15.2 Å². The summed E-state index contributed by atoms with van der Waals surface area (Å²) in [5.74, 6) is 2.51. The third-order valence-electron chi connectivity index (χ3n) is 3.94. The minimum Gasteiger partial charge on any atom is -0.471 e. The maximum absolute atomic E-state index is 6.08. The van der Waals surface area contributed by atoms with Crippen LogP contribution in [0.2, 0.25) is 0 Å². The molecular formula is C21H24N2O2. The monoisotopic (exact) mass is 336 g/mol. The van der Waals surface area contributed by atoms with Crippen molar-refractivity contribution in [2.75, 3.05) is 5.73 Å². The van der Waals surface area contributed by atoms with Crippen LogP contribution in [0.15, 0.2) is 66.5 Å². The molecule has 3 N–H and O–H groups in total. The second-order valence-electron chi connectivity index (χ2n) is 5.94. The lowest BCUT2D eigenvalue weighted by Crippen LogP contribution is -2.30. The first-order chi connectivity index (χ1) is 12.2. The Kier molecular flexibility index (Phi) is 5.41. The fourth-order valence-corrected chi connectivity index (χ4v) is 2.80. The van der Waals surface area contributed by atoms with E-state index in [2.05, 4.69) is 18.3 Å². The molecule has 3 rings (SSSR count). The quantitative estimate of drug-likeness (QED) is 0.472. The van der Waals surface area contributed by atoms with Crippen LogP contribution in [0.3, 0.4) is 0 Å². The molecule has 0 amide bonds. The molecule has 0 radical (unpaired) electrons. The fraction of sp³-hybridized carbons (Fsp3) is 0.238. The van der Waals surface area contributed by atoms with Gasteiger partial charge in [-0.2, -0.15) is 0 Å². The standard InChI is InChI=1S/C21H24N2O2/c1-3-6-18(7-4-2)24-19-9-5-8-15(13-19)21-23-14-16-12-17(22)10-11-20(16)25-21/h3,5-13,21,23H,4,14,22H2,1-2H3/b6-3-,18-7+. The zero-order chi connectivity index (χ0) is 17.6. The van der Waals surface area contributed by atoms with Gasteiger partial charge in [0.1, 0.15) is 17.3 Å². The predicted molar refractivity (Wildman–Crippen MR) is 101 cm³/mol. The van der Waals surface area contributed by atoms with Crippen molar-refractivity contribution in [2.45, 2.75) is 33.0 Å². The molecule has 1 atom stereocenters. The number of benzene rings is 2. The molecule has 2 aromatic rings. The summed E-state index contributed by atoms with van der Waals surface area (Å²) < 4.78 is 12.1. The van der Waals surface area contributed by atoms with E-state index in [0.717, 1.165) is 47.0 Å². The molecule has 25 heavy (non-hydrogen) atoms. The molecule has 4 nitrogen and oxygen atoms in total. The summed E-state index contributed by atoms with van der Waals surface area (Å²) in [5.41, 5.74) is 8.68. The number of nitrogens with one attached hydrogen (secondary N) is 1. The van der Waals surface area contributed by atoms with Gasteiger partial charge in [0, 0.05) is 23.4 Å². The second kappa shape index (κ2) is 7.90. The molecule has 1 heterocycles. The number of rotatable bonds is 5. The SMILES string of the molecule is C/C=C\C(=C/CC)Oc1cccc(C2NCc3cc(N)ccc3O2)c1. The van der Waals surface area contributed by atoms with Gasteiger partial charge in [-0.3, -0.25) is 5.32 Å². The number of nitrogen functional groups attached to an aromatic ring is 1. The van der Waals surface area contributed by atoms with Crippen LogP contribution in [0.25, 0.3) is 0 Å². The average molecular weight is 336 g/mol. The first kappa shape index (κ1) is 17.1. The molecule has 1 unspecified atom stereocenters. The van der Waals surface area contributed by atoms with Crippen molar-refractivity contribution in [2.24, 2.45) is 0 Å². The van der Waals surface area contributed by atoms with Gasteiger partial charge in [-0.05, 0) is 55.8 Å². The van der Waals surface area contributed by atoms with E-state index in [1.165, 1.54) is 0 Å². The largest absolute Gasteiger partial charge is 0.471 e. The first-order valence-electron chi connectivity index (χ1n) is 8.58. The Morgan fingerprint density at radius 1 is 1.32 bits per heavy atom. The molecule has 0 saturated heterocycles. The number of ether oxygens (including phenoxy) is 2. The van der Waals surface area contributed by atoms with Crippen LogP contribution < -0.4 is 20.5 Å². The summed E-state index contributed by atoms with van der Waals surface area (Å²) in [6.07, 6.45) is 6.71. The summed E-state index contributed by atoms with van der Waals surface area (Å²) in [7, 11) is 0. The zero-order valence-electron chi connectivity index (χ0n) is 14.7. The fourth-order valence-electron chi connectivity index (χ4n) is 2.80. The van der Waals surface area contributed by atoms with Gasteiger partial charge in [0.05, 0.1) is 0 Å². The molecular weight excluding hydrogens is 312 g/mol. The summed E-state index contributed by atoms with van der Waals surface area (Å²) in [6.45, 7) is 4.79. The van der Waals surface area contributed by atoms with Gasteiger partial charge in [-0.15, -0.1) is 0 Å². The number of fused-ring (bicyclic) bond motifs is 1. The smallest absolute Gasteiger partial charge is 0.176 e. The van der Waals surface area contributed by atoms with Crippen LogP contribution in [0.1, 0.15) is 37.6 Å². The van der Waals surface area contributed by atoms with Crippen LogP contribution in [-0.4, -0.2) is 0 Å². The van der Waals surface area contributed by atoms with E-state index in [1.807, 2.05) is 61.5 Å². The number of anilines is 1. The molecule has 4 heteroatoms. The molecule has 1 aliphatic heterocycles. The van der Waals surface area contributed by atoms with Gasteiger partial charge in [0.15, 0.2) is 6.23 Å². The molecule has 0 bridgehead atoms. The lowest BCUT2D eigenvalue weighted by atomic mass is 10.1. The predicted octanol–water partition coefficient (Wildman–Crippen LogP) is 4.70. The highest BCUT2D eigenvalue weighted by Gasteiger charge is 2.21. The summed E-state index contributed by atoms with van der Waals surface area (Å²) >= 11 is 0. The van der Waals surface area contributed by atoms with Crippen LogP contribution in [0, 0.1) is 0 Å². The third-order valence-corrected chi connectivity index (χ3v) is 3.94. The van der Waals surface area contributed by atoms with Gasteiger partial charge in [0.2, 0.25) is 0 Å². The lowest BCUT2D eigenvalue weighted by Gasteiger charge is -2.28. The van der Waals surface area contributed by atoms with Crippen molar-refractivity contribution in [3.63, 3.8) is 0 Å². The minimum atomic E-state index is -0.208. The number of allylic oxidation sites excluding steroid dienone is 3. The van der Waals surface area contributed by atoms with Crippen molar-refractivity contribution >= 4 is 5.69 Å². The van der Waals surface area contributed by atoms with Gasteiger partial charge >= 0.3 is 0 Å². The van der Waals surface area contributed by atoms with Gasteiger partial charge < -0.3 is 15.2 Å². The summed E-state index contributed by atoms with van der Waals surface area (Å²) in [4.78, 5) is 0. The van der Waals surface area contributed by atoms with Gasteiger partial charge in [-0.25, -0.2) is 0 Å². The Labute approximate surface area is 149 Å². The number of nitrogens with two attached hydrogens (primary N) is 1. The van der Waals surface area contributed by atoms with Crippen molar-refractivity contribution in [3.8, 4) is 11.5 Å². The Bertz CT molecular complexity index is 796. The first-order valence-corrected chi connectivity index (χ1v) is 8.58. The molecule has 0 saturated carbocycles. The van der Waals surface area contributed by atoms with Crippen LogP contribution in [0.4, 0.5) is 5.69 Å². The minimum absolute atomic E-state index is 0.208. The maximum Gasteiger partial charge on any atom is 0.176 e. The van der Waals surface area contributed by atoms with Crippen LogP contribution in [-0.2, 0) is 6.54 Å². The van der Waals surface area contributed by atoms with Gasteiger partial charge in [-0.1, -0.05) is 25.1 Å². The highest BCUT2D eigenvalue weighted by Crippen LogP contribution is 2.31. The van der Waals surface area contributed by atoms with E-state index >= 15 is 0 Å². The number of hydrogen-bond acceptors (Lipinski definition) is 4. The zero-order valence-corrected chi connectivity index (χ0v) is 14.7. The molecule has 1 aliphatic rings. The highest BCUT2D eigenvalue weighted by molar-refractivity contribution is 5.49. The van der Waals surface area contributed by atoms with Crippen molar-refractivity contribution in [3.05, 3.63) is 77.6 Å². The third kappa shape index (κ3) is 4.22. The van der Waals surface area contributed by atoms with Gasteiger partial charge in [0.25, 0.3) is 0 Å². The van der Waals surface area contributed by atoms with Crippen molar-refractivity contribution < 1.29 is 9.47 Å². The van der Waals surface area contributed by atoms with Crippen molar-refractivity contribution in [1.82, 2.24) is 5.32 Å². The van der Waals surface area contributed by atoms with Crippen LogP contribution in [0.5, 0.6) is 11.5 Å².